The highest BCUT2D eigenvalue weighted by molar-refractivity contribution is 5.93. The van der Waals surface area contributed by atoms with Gasteiger partial charge in [-0.15, -0.1) is 0 Å². The van der Waals surface area contributed by atoms with Crippen molar-refractivity contribution >= 4 is 17.5 Å². The number of carbonyl (C=O) groups excluding carboxylic acids is 2. The summed E-state index contributed by atoms with van der Waals surface area (Å²) in [7, 11) is 0. The number of benzene rings is 1. The summed E-state index contributed by atoms with van der Waals surface area (Å²) in [5.74, 6) is 1.02. The van der Waals surface area contributed by atoms with Gasteiger partial charge >= 0.3 is 0 Å². The van der Waals surface area contributed by atoms with Gasteiger partial charge in [-0.25, -0.2) is 0 Å². The van der Waals surface area contributed by atoms with Crippen LogP contribution in [0.25, 0.3) is 0 Å². The first-order valence-corrected chi connectivity index (χ1v) is 9.29. The quantitative estimate of drug-likeness (QED) is 0.795. The standard InChI is InChI=1S/C20H25N3O4/c1-3-26-17-8-6-16(7-9-17)21-19(24)15(2)22-10-12-23(13-11-22)20(25)18-5-4-14-27-18/h4-9,14-15H,3,10-13H2,1-2H3,(H,21,24)/p+1/t15-/m1/s1. The van der Waals surface area contributed by atoms with Crippen LogP contribution in [0.1, 0.15) is 24.4 Å². The van der Waals surface area contributed by atoms with Crippen LogP contribution in [0.15, 0.2) is 47.1 Å². The third-order valence-electron chi connectivity index (χ3n) is 4.86. The predicted molar refractivity (Wildman–Crippen MR) is 101 cm³/mol. The normalized spacial score (nSPS) is 16.0. The van der Waals surface area contributed by atoms with E-state index >= 15 is 0 Å². The molecule has 2 amide bonds. The van der Waals surface area contributed by atoms with E-state index in [0.29, 0.717) is 25.5 Å². The number of nitrogens with one attached hydrogen (secondary N) is 2. The summed E-state index contributed by atoms with van der Waals surface area (Å²) in [5, 5.41) is 2.95. The van der Waals surface area contributed by atoms with Crippen molar-refractivity contribution < 1.29 is 23.6 Å². The Bertz CT molecular complexity index is 750. The highest BCUT2D eigenvalue weighted by atomic mass is 16.5. The molecule has 2 heterocycles. The van der Waals surface area contributed by atoms with Crippen molar-refractivity contribution in [1.82, 2.24) is 4.90 Å². The first-order chi connectivity index (χ1) is 13.1. The molecule has 0 bridgehead atoms. The molecule has 1 atom stereocenters. The van der Waals surface area contributed by atoms with Crippen LogP contribution in [-0.4, -0.2) is 55.5 Å². The fraction of sp³-hybridized carbons (Fsp3) is 0.400. The van der Waals surface area contributed by atoms with Crippen molar-refractivity contribution in [3.05, 3.63) is 48.4 Å². The second-order valence-electron chi connectivity index (χ2n) is 6.60. The molecule has 1 aromatic carbocycles. The maximum absolute atomic E-state index is 12.6. The molecular formula is C20H26N3O4+. The first kappa shape index (κ1) is 19.0. The van der Waals surface area contributed by atoms with Crippen molar-refractivity contribution in [3.8, 4) is 5.75 Å². The van der Waals surface area contributed by atoms with Gasteiger partial charge in [0.1, 0.15) is 5.75 Å². The molecule has 1 aliphatic heterocycles. The Kier molecular flexibility index (Phi) is 6.13. The van der Waals surface area contributed by atoms with E-state index < -0.39 is 0 Å². The summed E-state index contributed by atoms with van der Waals surface area (Å²) >= 11 is 0. The first-order valence-electron chi connectivity index (χ1n) is 9.29. The van der Waals surface area contributed by atoms with Gasteiger partial charge in [0.15, 0.2) is 11.8 Å². The van der Waals surface area contributed by atoms with E-state index in [1.54, 1.807) is 17.0 Å². The van der Waals surface area contributed by atoms with E-state index in [0.717, 1.165) is 24.5 Å². The predicted octanol–water partition coefficient (Wildman–Crippen LogP) is 1.05. The number of amides is 2. The van der Waals surface area contributed by atoms with Crippen LogP contribution in [0, 0.1) is 0 Å². The smallest absolute Gasteiger partial charge is 0.289 e. The number of piperazine rings is 1. The van der Waals surface area contributed by atoms with E-state index in [-0.39, 0.29) is 17.9 Å². The largest absolute Gasteiger partial charge is 0.494 e. The van der Waals surface area contributed by atoms with Gasteiger partial charge in [-0.3, -0.25) is 9.59 Å². The molecule has 144 valence electrons. The monoisotopic (exact) mass is 372 g/mol. The van der Waals surface area contributed by atoms with Crippen LogP contribution in [0.3, 0.4) is 0 Å². The number of hydrogen-bond acceptors (Lipinski definition) is 4. The number of furan rings is 1. The van der Waals surface area contributed by atoms with Gasteiger partial charge in [0.05, 0.1) is 39.0 Å². The van der Waals surface area contributed by atoms with Crippen LogP contribution < -0.4 is 15.0 Å². The minimum absolute atomic E-state index is 0.0278. The number of rotatable bonds is 6. The minimum Gasteiger partial charge on any atom is -0.494 e. The molecule has 1 aromatic heterocycles. The Hall–Kier alpha value is -2.80. The molecule has 7 nitrogen and oxygen atoms in total. The third-order valence-corrected chi connectivity index (χ3v) is 4.86. The second-order valence-corrected chi connectivity index (χ2v) is 6.60. The van der Waals surface area contributed by atoms with E-state index in [9.17, 15) is 9.59 Å². The summed E-state index contributed by atoms with van der Waals surface area (Å²) in [4.78, 5) is 27.8. The lowest BCUT2D eigenvalue weighted by Crippen LogP contribution is -3.19. The minimum atomic E-state index is -0.197. The van der Waals surface area contributed by atoms with Crippen LogP contribution in [0.4, 0.5) is 5.69 Å². The number of anilines is 1. The molecule has 3 rings (SSSR count). The summed E-state index contributed by atoms with van der Waals surface area (Å²) in [6.45, 7) is 7.13. The van der Waals surface area contributed by atoms with Crippen LogP contribution in [-0.2, 0) is 4.79 Å². The fourth-order valence-corrected chi connectivity index (χ4v) is 3.22. The average Bonchev–Trinajstić information content (AvgIpc) is 3.23. The number of nitrogens with zero attached hydrogens (tertiary/aromatic N) is 1. The second kappa shape index (κ2) is 8.73. The van der Waals surface area contributed by atoms with Gasteiger partial charge in [0.25, 0.3) is 11.8 Å². The molecule has 7 heteroatoms. The van der Waals surface area contributed by atoms with Gasteiger partial charge in [0.2, 0.25) is 0 Å². The SMILES string of the molecule is CCOc1ccc(NC(=O)[C@@H](C)[NH+]2CCN(C(=O)c3ccco3)CC2)cc1. The van der Waals surface area contributed by atoms with E-state index in [2.05, 4.69) is 5.32 Å². The lowest BCUT2D eigenvalue weighted by atomic mass is 10.2. The van der Waals surface area contributed by atoms with Crippen molar-refractivity contribution in [1.29, 1.82) is 0 Å². The maximum Gasteiger partial charge on any atom is 0.289 e. The van der Waals surface area contributed by atoms with Crippen molar-refractivity contribution in [2.75, 3.05) is 38.1 Å². The highest BCUT2D eigenvalue weighted by Gasteiger charge is 2.31. The number of hydrogen-bond donors (Lipinski definition) is 2. The van der Waals surface area contributed by atoms with Gasteiger partial charge in [-0.1, -0.05) is 0 Å². The Morgan fingerprint density at radius 2 is 1.93 bits per heavy atom. The van der Waals surface area contributed by atoms with Crippen LogP contribution in [0.5, 0.6) is 5.75 Å². The third kappa shape index (κ3) is 4.68. The Balaban J connectivity index is 1.50. The zero-order chi connectivity index (χ0) is 19.2. The highest BCUT2D eigenvalue weighted by Crippen LogP contribution is 2.15. The number of carbonyl (C=O) groups is 2. The molecule has 0 spiro atoms. The molecule has 1 fully saturated rings. The lowest BCUT2D eigenvalue weighted by Gasteiger charge is -2.34. The maximum atomic E-state index is 12.6. The fourth-order valence-electron chi connectivity index (χ4n) is 3.22. The van der Waals surface area contributed by atoms with Crippen LogP contribution in [0.2, 0.25) is 0 Å². The topological polar surface area (TPSA) is 76.2 Å². The number of ether oxygens (including phenoxy) is 1. The summed E-state index contributed by atoms with van der Waals surface area (Å²) in [6.07, 6.45) is 1.50. The Morgan fingerprint density at radius 1 is 1.22 bits per heavy atom. The van der Waals surface area contributed by atoms with E-state index in [4.69, 9.17) is 9.15 Å². The molecule has 1 saturated heterocycles. The van der Waals surface area contributed by atoms with Crippen LogP contribution >= 0.6 is 0 Å². The molecule has 0 radical (unpaired) electrons. The van der Waals surface area contributed by atoms with Crippen molar-refractivity contribution in [2.24, 2.45) is 0 Å². The van der Waals surface area contributed by atoms with E-state index in [1.165, 1.54) is 11.2 Å². The summed E-state index contributed by atoms with van der Waals surface area (Å²) < 4.78 is 10.6. The molecule has 0 unspecified atom stereocenters. The lowest BCUT2D eigenvalue weighted by molar-refractivity contribution is -0.917. The zero-order valence-electron chi connectivity index (χ0n) is 15.7. The number of quaternary nitrogens is 1. The molecule has 27 heavy (non-hydrogen) atoms. The Morgan fingerprint density at radius 3 is 2.52 bits per heavy atom. The average molecular weight is 372 g/mol. The molecule has 2 aromatic rings. The summed E-state index contributed by atoms with van der Waals surface area (Å²) in [6, 6.07) is 10.6. The zero-order valence-corrected chi connectivity index (χ0v) is 15.7. The summed E-state index contributed by atoms with van der Waals surface area (Å²) in [5.41, 5.74) is 0.751. The molecule has 0 saturated carbocycles. The Labute approximate surface area is 158 Å². The molecular weight excluding hydrogens is 346 g/mol. The van der Waals surface area contributed by atoms with E-state index in [1.807, 2.05) is 38.1 Å². The van der Waals surface area contributed by atoms with Gasteiger partial charge in [0, 0.05) is 5.69 Å². The van der Waals surface area contributed by atoms with Gasteiger partial charge in [-0.05, 0) is 50.2 Å². The van der Waals surface area contributed by atoms with Crippen molar-refractivity contribution in [2.45, 2.75) is 19.9 Å². The van der Waals surface area contributed by atoms with Gasteiger partial charge < -0.3 is 24.3 Å². The van der Waals surface area contributed by atoms with Gasteiger partial charge in [-0.2, -0.15) is 0 Å². The molecule has 1 aliphatic rings. The van der Waals surface area contributed by atoms with Crippen molar-refractivity contribution in [3.63, 3.8) is 0 Å². The molecule has 2 N–H and O–H groups in total. The molecule has 0 aliphatic carbocycles.